The van der Waals surface area contributed by atoms with E-state index in [1.807, 2.05) is 11.8 Å². The molecular weight excluding hydrogens is 230 g/mol. The average molecular weight is 249 g/mol. The number of carbonyl (C=O) groups is 1. The summed E-state index contributed by atoms with van der Waals surface area (Å²) in [5.41, 5.74) is 0. The Balaban J connectivity index is 2.00. The van der Waals surface area contributed by atoms with Crippen LogP contribution in [-0.2, 0) is 4.79 Å². The first-order valence-corrected chi connectivity index (χ1v) is 6.27. The van der Waals surface area contributed by atoms with E-state index in [9.17, 15) is 4.79 Å². The van der Waals surface area contributed by atoms with Crippen LogP contribution in [0.25, 0.3) is 0 Å². The van der Waals surface area contributed by atoms with E-state index in [0.717, 1.165) is 44.4 Å². The summed E-state index contributed by atoms with van der Waals surface area (Å²) in [6.07, 6.45) is 3.49. The van der Waals surface area contributed by atoms with Gasteiger partial charge in [0.25, 0.3) is 0 Å². The van der Waals surface area contributed by atoms with Gasteiger partial charge in [-0.1, -0.05) is 0 Å². The number of anilines is 2. The summed E-state index contributed by atoms with van der Waals surface area (Å²) in [5.74, 6) is 1.81. The van der Waals surface area contributed by atoms with Gasteiger partial charge in [-0.25, -0.2) is 4.98 Å². The van der Waals surface area contributed by atoms with Gasteiger partial charge < -0.3 is 15.1 Å². The molecule has 0 bridgehead atoms. The van der Waals surface area contributed by atoms with Crippen molar-refractivity contribution in [3.8, 4) is 0 Å². The first-order chi connectivity index (χ1) is 8.70. The van der Waals surface area contributed by atoms with Crippen molar-refractivity contribution in [3.05, 3.63) is 12.4 Å². The maximum Gasteiger partial charge on any atom is 0.219 e. The van der Waals surface area contributed by atoms with Crippen molar-refractivity contribution >= 4 is 17.5 Å². The van der Waals surface area contributed by atoms with Gasteiger partial charge in [-0.05, 0) is 6.92 Å². The lowest BCUT2D eigenvalue weighted by Gasteiger charge is -2.34. The molecular formula is C12H19N5O. The zero-order valence-electron chi connectivity index (χ0n) is 10.9. The van der Waals surface area contributed by atoms with Gasteiger partial charge in [-0.15, -0.1) is 0 Å². The molecule has 0 radical (unpaired) electrons. The van der Waals surface area contributed by atoms with Crippen LogP contribution in [0.2, 0.25) is 0 Å². The monoisotopic (exact) mass is 249 g/mol. The number of nitrogens with one attached hydrogen (secondary N) is 1. The minimum atomic E-state index is 0.141. The molecule has 1 aliphatic heterocycles. The summed E-state index contributed by atoms with van der Waals surface area (Å²) in [6, 6.07) is 0. The van der Waals surface area contributed by atoms with Gasteiger partial charge in [0.15, 0.2) is 0 Å². The minimum Gasteiger partial charge on any atom is -0.369 e. The lowest BCUT2D eigenvalue weighted by Crippen LogP contribution is -2.48. The van der Waals surface area contributed by atoms with Gasteiger partial charge >= 0.3 is 0 Å². The maximum absolute atomic E-state index is 11.3. The average Bonchev–Trinajstić information content (AvgIpc) is 2.39. The maximum atomic E-state index is 11.3. The fourth-order valence-corrected chi connectivity index (χ4v) is 2.02. The molecule has 1 aromatic heterocycles. The lowest BCUT2D eigenvalue weighted by atomic mass is 10.3. The number of hydrogen-bond acceptors (Lipinski definition) is 5. The number of aromatic nitrogens is 2. The van der Waals surface area contributed by atoms with Crippen molar-refractivity contribution in [1.82, 2.24) is 14.9 Å². The van der Waals surface area contributed by atoms with Crippen LogP contribution >= 0.6 is 0 Å². The predicted octanol–water partition coefficient (Wildman–Crippen LogP) is 0.577. The quantitative estimate of drug-likeness (QED) is 0.849. The smallest absolute Gasteiger partial charge is 0.219 e. The molecule has 0 saturated carbocycles. The molecule has 1 amide bonds. The second-order valence-electron chi connectivity index (χ2n) is 4.29. The highest BCUT2D eigenvalue weighted by Crippen LogP contribution is 2.14. The van der Waals surface area contributed by atoms with Gasteiger partial charge in [0.1, 0.15) is 11.6 Å². The Morgan fingerprint density at radius 3 is 2.67 bits per heavy atom. The van der Waals surface area contributed by atoms with Crippen molar-refractivity contribution in [2.75, 3.05) is 42.9 Å². The Kier molecular flexibility index (Phi) is 3.96. The third-order valence-corrected chi connectivity index (χ3v) is 3.03. The molecule has 1 aliphatic rings. The Morgan fingerprint density at radius 1 is 1.33 bits per heavy atom. The standard InChI is InChI=1S/C12H19N5O/c1-3-14-11-8-13-9-12(15-11)17-6-4-16(5-7-17)10(2)18/h8-9H,3-7H2,1-2H3,(H,14,15). The topological polar surface area (TPSA) is 61.4 Å². The molecule has 2 heterocycles. The molecule has 0 unspecified atom stereocenters. The third kappa shape index (κ3) is 2.88. The van der Waals surface area contributed by atoms with Crippen LogP contribution in [0.15, 0.2) is 12.4 Å². The van der Waals surface area contributed by atoms with Crippen LogP contribution in [0.3, 0.4) is 0 Å². The molecule has 0 atom stereocenters. The molecule has 0 aliphatic carbocycles. The number of hydrogen-bond donors (Lipinski definition) is 1. The van der Waals surface area contributed by atoms with Crippen LogP contribution in [0, 0.1) is 0 Å². The minimum absolute atomic E-state index is 0.141. The summed E-state index contributed by atoms with van der Waals surface area (Å²) in [5, 5.41) is 3.15. The van der Waals surface area contributed by atoms with Crippen molar-refractivity contribution in [2.24, 2.45) is 0 Å². The third-order valence-electron chi connectivity index (χ3n) is 3.03. The molecule has 1 fully saturated rings. The zero-order chi connectivity index (χ0) is 13.0. The van der Waals surface area contributed by atoms with E-state index in [4.69, 9.17) is 0 Å². The Labute approximate surface area is 107 Å². The number of rotatable bonds is 3. The largest absolute Gasteiger partial charge is 0.369 e. The first kappa shape index (κ1) is 12.6. The van der Waals surface area contributed by atoms with Crippen LogP contribution in [0.4, 0.5) is 11.6 Å². The normalized spacial score (nSPS) is 15.7. The second-order valence-corrected chi connectivity index (χ2v) is 4.29. The van der Waals surface area contributed by atoms with Crippen LogP contribution in [-0.4, -0.2) is 53.5 Å². The fraction of sp³-hybridized carbons (Fsp3) is 0.583. The highest BCUT2D eigenvalue weighted by atomic mass is 16.2. The van der Waals surface area contributed by atoms with Crippen molar-refractivity contribution < 1.29 is 4.79 Å². The van der Waals surface area contributed by atoms with Crippen LogP contribution in [0.1, 0.15) is 13.8 Å². The van der Waals surface area contributed by atoms with Gasteiger partial charge in [0.05, 0.1) is 12.4 Å². The fourth-order valence-electron chi connectivity index (χ4n) is 2.02. The summed E-state index contributed by atoms with van der Waals surface area (Å²) in [7, 11) is 0. The molecule has 0 spiro atoms. The van der Waals surface area contributed by atoms with Gasteiger partial charge in [0.2, 0.25) is 5.91 Å². The molecule has 1 N–H and O–H groups in total. The van der Waals surface area contributed by atoms with Crippen molar-refractivity contribution in [2.45, 2.75) is 13.8 Å². The van der Waals surface area contributed by atoms with Gasteiger partial charge in [-0.3, -0.25) is 9.78 Å². The van der Waals surface area contributed by atoms with E-state index in [2.05, 4.69) is 20.2 Å². The van der Waals surface area contributed by atoms with Crippen molar-refractivity contribution in [3.63, 3.8) is 0 Å². The molecule has 1 aromatic rings. The highest BCUT2D eigenvalue weighted by molar-refractivity contribution is 5.73. The van der Waals surface area contributed by atoms with Crippen LogP contribution in [0.5, 0.6) is 0 Å². The number of amides is 1. The van der Waals surface area contributed by atoms with E-state index in [1.54, 1.807) is 19.3 Å². The van der Waals surface area contributed by atoms with E-state index >= 15 is 0 Å². The summed E-state index contributed by atoms with van der Waals surface area (Å²) >= 11 is 0. The Morgan fingerprint density at radius 2 is 2.06 bits per heavy atom. The highest BCUT2D eigenvalue weighted by Gasteiger charge is 2.19. The first-order valence-electron chi connectivity index (χ1n) is 6.27. The number of carbonyl (C=O) groups excluding carboxylic acids is 1. The summed E-state index contributed by atoms with van der Waals surface area (Å²) in [4.78, 5) is 24.0. The van der Waals surface area contributed by atoms with E-state index in [1.165, 1.54) is 0 Å². The summed E-state index contributed by atoms with van der Waals surface area (Å²) in [6.45, 7) is 7.59. The number of nitrogens with zero attached hydrogens (tertiary/aromatic N) is 4. The van der Waals surface area contributed by atoms with E-state index < -0.39 is 0 Å². The van der Waals surface area contributed by atoms with Gasteiger partial charge in [0, 0.05) is 39.6 Å². The van der Waals surface area contributed by atoms with E-state index in [-0.39, 0.29) is 5.91 Å². The number of piperazine rings is 1. The van der Waals surface area contributed by atoms with Crippen LogP contribution < -0.4 is 10.2 Å². The predicted molar refractivity (Wildman–Crippen MR) is 70.7 cm³/mol. The second kappa shape index (κ2) is 5.66. The Hall–Kier alpha value is -1.85. The molecule has 98 valence electrons. The molecule has 0 aromatic carbocycles. The zero-order valence-corrected chi connectivity index (χ0v) is 10.9. The molecule has 1 saturated heterocycles. The van der Waals surface area contributed by atoms with Gasteiger partial charge in [-0.2, -0.15) is 0 Å². The van der Waals surface area contributed by atoms with Crippen molar-refractivity contribution in [1.29, 1.82) is 0 Å². The lowest BCUT2D eigenvalue weighted by molar-refractivity contribution is -0.129. The molecule has 6 nitrogen and oxygen atoms in total. The molecule has 6 heteroatoms. The molecule has 2 rings (SSSR count). The SMILES string of the molecule is CCNc1cncc(N2CCN(C(C)=O)CC2)n1. The van der Waals surface area contributed by atoms with E-state index in [0.29, 0.717) is 0 Å². The Bertz CT molecular complexity index is 415. The molecule has 18 heavy (non-hydrogen) atoms. The summed E-state index contributed by atoms with van der Waals surface area (Å²) < 4.78 is 0.